The maximum Gasteiger partial charge on any atom is 0.412 e. The largest absolute Gasteiger partial charge is 0.444 e. The van der Waals surface area contributed by atoms with E-state index >= 15 is 0 Å². The van der Waals surface area contributed by atoms with Gasteiger partial charge in [0.2, 0.25) is 0 Å². The molecule has 2 heterocycles. The Kier molecular flexibility index (Phi) is 4.39. The number of ether oxygens (including phenoxy) is 1. The molecule has 0 unspecified atom stereocenters. The zero-order valence-electron chi connectivity index (χ0n) is 18.1. The second-order valence-corrected chi connectivity index (χ2v) is 11.0. The van der Waals surface area contributed by atoms with Gasteiger partial charge >= 0.3 is 6.09 Å². The highest BCUT2D eigenvalue weighted by Crippen LogP contribution is 2.61. The summed E-state index contributed by atoms with van der Waals surface area (Å²) in [7, 11) is 1.97. The van der Waals surface area contributed by atoms with Crippen LogP contribution in [0.15, 0.2) is 24.5 Å². The molecule has 7 rings (SSSR count). The third-order valence-electron chi connectivity index (χ3n) is 7.66. The third kappa shape index (κ3) is 3.34. The van der Waals surface area contributed by atoms with Crippen molar-refractivity contribution in [3.8, 4) is 0 Å². The average Bonchev–Trinajstić information content (AvgIpc) is 3.28. The highest BCUT2D eigenvalue weighted by molar-refractivity contribution is 7.16. The van der Waals surface area contributed by atoms with Crippen molar-refractivity contribution >= 4 is 33.5 Å². The number of carbonyl (C=O) groups is 1. The molecule has 0 aliphatic heterocycles. The molecule has 31 heavy (non-hydrogen) atoms. The van der Waals surface area contributed by atoms with E-state index in [0.717, 1.165) is 45.0 Å². The maximum absolute atomic E-state index is 12.5. The van der Waals surface area contributed by atoms with Gasteiger partial charge in [-0.15, -0.1) is 11.3 Å². The lowest BCUT2D eigenvalue weighted by Gasteiger charge is -2.56. The number of imidazole rings is 1. The Morgan fingerprint density at radius 2 is 1.94 bits per heavy atom. The quantitative estimate of drug-likeness (QED) is 0.582. The minimum Gasteiger partial charge on any atom is -0.444 e. The first-order valence-electron chi connectivity index (χ1n) is 11.3. The lowest BCUT2D eigenvalue weighted by molar-refractivity contribution is -0.00532. The number of carbonyl (C=O) groups excluding carboxylic acids is 1. The van der Waals surface area contributed by atoms with Crippen molar-refractivity contribution in [2.75, 3.05) is 5.32 Å². The smallest absolute Gasteiger partial charge is 0.412 e. The lowest BCUT2D eigenvalue weighted by Crippen LogP contribution is -2.48. The molecular weight excluding hydrogens is 408 g/mol. The van der Waals surface area contributed by atoms with E-state index in [1.54, 1.807) is 17.7 Å². The number of nitrogens with one attached hydrogen (secondary N) is 1. The molecule has 3 aromatic rings. The van der Waals surface area contributed by atoms with Crippen LogP contribution in [0.3, 0.4) is 0 Å². The normalized spacial score (nSPS) is 28.9. The van der Waals surface area contributed by atoms with E-state index in [0.29, 0.717) is 0 Å². The number of amides is 1. The molecule has 7 heteroatoms. The fourth-order valence-corrected chi connectivity index (χ4v) is 7.83. The fraction of sp³-hybridized carbons (Fsp3) is 0.542. The van der Waals surface area contributed by atoms with Crippen molar-refractivity contribution in [2.45, 2.75) is 57.5 Å². The molecule has 4 aliphatic rings. The van der Waals surface area contributed by atoms with Crippen LogP contribution in [0.5, 0.6) is 0 Å². The second-order valence-electron chi connectivity index (χ2n) is 10.0. The van der Waals surface area contributed by atoms with Gasteiger partial charge in [-0.3, -0.25) is 5.32 Å². The first kappa shape index (κ1) is 19.3. The summed E-state index contributed by atoms with van der Waals surface area (Å²) >= 11 is 1.67. The van der Waals surface area contributed by atoms with Gasteiger partial charge in [0.1, 0.15) is 16.6 Å². The van der Waals surface area contributed by atoms with Crippen LogP contribution in [-0.2, 0) is 23.8 Å². The minimum atomic E-state index is -0.426. The number of fused-ring (bicyclic) bond motifs is 1. The zero-order chi connectivity index (χ0) is 21.2. The highest BCUT2D eigenvalue weighted by Gasteiger charge is 2.53. The zero-order valence-corrected chi connectivity index (χ0v) is 18.9. The number of rotatable bonds is 4. The number of aryl methyl sites for hydroxylation is 2. The molecule has 0 saturated heterocycles. The summed E-state index contributed by atoms with van der Waals surface area (Å²) in [6, 6.07) is 5.94. The van der Waals surface area contributed by atoms with Crippen LogP contribution in [0, 0.1) is 24.7 Å². The number of thiazole rings is 1. The fourth-order valence-electron chi connectivity index (χ4n) is 6.66. The minimum absolute atomic E-state index is 0.220. The Labute approximate surface area is 186 Å². The monoisotopic (exact) mass is 436 g/mol. The van der Waals surface area contributed by atoms with Gasteiger partial charge in [0, 0.05) is 12.5 Å². The summed E-state index contributed by atoms with van der Waals surface area (Å²) in [5, 5.41) is 5.01. The van der Waals surface area contributed by atoms with E-state index in [2.05, 4.69) is 10.3 Å². The van der Waals surface area contributed by atoms with Crippen LogP contribution >= 0.6 is 11.3 Å². The summed E-state index contributed by atoms with van der Waals surface area (Å²) < 4.78 is 7.47. The molecule has 162 valence electrons. The van der Waals surface area contributed by atoms with E-state index in [1.807, 2.05) is 36.7 Å². The van der Waals surface area contributed by atoms with Crippen LogP contribution in [0.1, 0.15) is 54.8 Å². The molecule has 6 nitrogen and oxygen atoms in total. The lowest BCUT2D eigenvalue weighted by atomic mass is 9.50. The molecule has 4 bridgehead atoms. The summed E-state index contributed by atoms with van der Waals surface area (Å²) in [4.78, 5) is 21.8. The van der Waals surface area contributed by atoms with E-state index in [-0.39, 0.29) is 12.0 Å². The van der Waals surface area contributed by atoms with Crippen molar-refractivity contribution in [2.24, 2.45) is 24.8 Å². The molecule has 0 atom stereocenters. The van der Waals surface area contributed by atoms with Crippen LogP contribution in [0.4, 0.5) is 9.80 Å². The Balaban J connectivity index is 1.13. The number of hydrogen-bond acceptors (Lipinski definition) is 5. The van der Waals surface area contributed by atoms with Crippen molar-refractivity contribution in [1.82, 2.24) is 14.5 Å². The molecule has 1 amide bonds. The maximum atomic E-state index is 12.5. The molecule has 1 N–H and O–H groups in total. The summed E-state index contributed by atoms with van der Waals surface area (Å²) in [6.45, 7) is 2.21. The number of hydrogen-bond donors (Lipinski definition) is 1. The molecule has 0 spiro atoms. The van der Waals surface area contributed by atoms with Crippen molar-refractivity contribution in [3.05, 3.63) is 40.8 Å². The standard InChI is InChI=1S/C24H28N4O2S/c1-14-21(27-23(29)30-12-15-3-4-20-19(8-15)25-13-28(20)2)31-22(26-14)24-9-16-5-17(10-24)7-18(6-16)11-24/h3-4,8,13,16-18H,5-7,9-12H2,1-2H3,(H,27,29). The molecular formula is C24H28N4O2S. The van der Waals surface area contributed by atoms with Crippen LogP contribution in [-0.4, -0.2) is 20.6 Å². The summed E-state index contributed by atoms with van der Waals surface area (Å²) in [5.41, 5.74) is 4.05. The number of nitrogens with zero attached hydrogens (tertiary/aromatic N) is 3. The van der Waals surface area contributed by atoms with Gasteiger partial charge in [0.05, 0.1) is 23.1 Å². The second kappa shape index (κ2) is 7.05. The summed E-state index contributed by atoms with van der Waals surface area (Å²) in [5.74, 6) is 2.65. The topological polar surface area (TPSA) is 69.0 Å². The van der Waals surface area contributed by atoms with Gasteiger partial charge in [-0.1, -0.05) is 6.07 Å². The van der Waals surface area contributed by atoms with E-state index in [4.69, 9.17) is 9.72 Å². The molecule has 2 aromatic heterocycles. The molecule has 1 aromatic carbocycles. The molecule has 4 saturated carbocycles. The predicted molar refractivity (Wildman–Crippen MR) is 121 cm³/mol. The van der Waals surface area contributed by atoms with Crippen LogP contribution in [0.2, 0.25) is 0 Å². The predicted octanol–water partition coefficient (Wildman–Crippen LogP) is 5.55. The van der Waals surface area contributed by atoms with Gasteiger partial charge in [-0.25, -0.2) is 14.8 Å². The Morgan fingerprint density at radius 1 is 1.23 bits per heavy atom. The van der Waals surface area contributed by atoms with E-state index < -0.39 is 6.09 Å². The van der Waals surface area contributed by atoms with Crippen molar-refractivity contribution < 1.29 is 9.53 Å². The van der Waals surface area contributed by atoms with Crippen LogP contribution in [0.25, 0.3) is 11.0 Å². The van der Waals surface area contributed by atoms with Crippen molar-refractivity contribution in [1.29, 1.82) is 0 Å². The first-order chi connectivity index (χ1) is 15.0. The molecule has 0 radical (unpaired) electrons. The van der Waals surface area contributed by atoms with Crippen LogP contribution < -0.4 is 5.32 Å². The van der Waals surface area contributed by atoms with Gasteiger partial charge in [-0.05, 0) is 80.9 Å². The van der Waals surface area contributed by atoms with Gasteiger partial charge < -0.3 is 9.30 Å². The van der Waals surface area contributed by atoms with Crippen molar-refractivity contribution in [3.63, 3.8) is 0 Å². The molecule has 4 fully saturated rings. The third-order valence-corrected chi connectivity index (χ3v) is 8.98. The number of benzene rings is 1. The van der Waals surface area contributed by atoms with E-state index in [1.165, 1.54) is 43.5 Å². The molecule has 4 aliphatic carbocycles. The average molecular weight is 437 g/mol. The Hall–Kier alpha value is -2.41. The number of aromatic nitrogens is 3. The Morgan fingerprint density at radius 3 is 2.65 bits per heavy atom. The van der Waals surface area contributed by atoms with Gasteiger partial charge in [0.25, 0.3) is 0 Å². The highest BCUT2D eigenvalue weighted by atomic mass is 32.1. The first-order valence-corrected chi connectivity index (χ1v) is 12.1. The SMILES string of the molecule is Cc1nc(C23CC4CC(CC(C4)C2)C3)sc1NC(=O)OCc1ccc2c(c1)ncn2C. The Bertz CT molecular complexity index is 1130. The summed E-state index contributed by atoms with van der Waals surface area (Å²) in [6.07, 6.45) is 9.48. The van der Waals surface area contributed by atoms with Gasteiger partial charge in [0.15, 0.2) is 0 Å². The number of anilines is 1. The van der Waals surface area contributed by atoms with E-state index in [9.17, 15) is 4.79 Å². The van der Waals surface area contributed by atoms with Gasteiger partial charge in [-0.2, -0.15) is 0 Å².